The largest absolute Gasteiger partial charge is 0.370 e. The molecule has 0 atom stereocenters. The summed E-state index contributed by atoms with van der Waals surface area (Å²) >= 11 is 1.58. The van der Waals surface area contributed by atoms with E-state index in [2.05, 4.69) is 41.1 Å². The minimum atomic E-state index is 0.821. The maximum absolute atomic E-state index is 4.52. The van der Waals surface area contributed by atoms with Gasteiger partial charge in [-0.2, -0.15) is 0 Å². The molecule has 0 aliphatic carbocycles. The van der Waals surface area contributed by atoms with Crippen LogP contribution in [0.25, 0.3) is 0 Å². The second-order valence-corrected chi connectivity index (χ2v) is 4.68. The third-order valence-corrected chi connectivity index (χ3v) is 3.02. The number of thioether (sulfide) groups is 1. The van der Waals surface area contributed by atoms with Gasteiger partial charge in [0.25, 0.3) is 0 Å². The Bertz CT molecular complexity index is 343. The minimum Gasteiger partial charge on any atom is -0.370 e. The SMILES string of the molecule is CCCCN(C)c1cc(NCC)nc(SC)n1. The lowest BCUT2D eigenvalue weighted by molar-refractivity contribution is 0.752. The van der Waals surface area contributed by atoms with E-state index in [1.165, 1.54) is 12.8 Å². The van der Waals surface area contributed by atoms with E-state index in [4.69, 9.17) is 0 Å². The monoisotopic (exact) mass is 254 g/mol. The van der Waals surface area contributed by atoms with Crippen LogP contribution in [0, 0.1) is 0 Å². The topological polar surface area (TPSA) is 41.0 Å². The fraction of sp³-hybridized carbons (Fsp3) is 0.667. The summed E-state index contributed by atoms with van der Waals surface area (Å²) in [6.45, 7) is 6.18. The fourth-order valence-corrected chi connectivity index (χ4v) is 1.86. The highest BCUT2D eigenvalue weighted by molar-refractivity contribution is 7.98. The summed E-state index contributed by atoms with van der Waals surface area (Å²) in [5.74, 6) is 1.90. The predicted octanol–water partition coefficient (Wildman–Crippen LogP) is 2.87. The molecule has 1 N–H and O–H groups in total. The number of hydrogen-bond acceptors (Lipinski definition) is 5. The van der Waals surface area contributed by atoms with Crippen LogP contribution in [-0.2, 0) is 0 Å². The van der Waals surface area contributed by atoms with Gasteiger partial charge < -0.3 is 10.2 Å². The number of nitrogens with one attached hydrogen (secondary N) is 1. The van der Waals surface area contributed by atoms with Crippen LogP contribution in [0.5, 0.6) is 0 Å². The third kappa shape index (κ3) is 4.42. The van der Waals surface area contributed by atoms with Crippen molar-refractivity contribution in [3.63, 3.8) is 0 Å². The molecule has 0 fully saturated rings. The Balaban J connectivity index is 2.85. The molecule has 5 heteroatoms. The van der Waals surface area contributed by atoms with E-state index in [0.29, 0.717) is 0 Å². The number of rotatable bonds is 7. The van der Waals surface area contributed by atoms with Crippen LogP contribution in [0.4, 0.5) is 11.6 Å². The van der Waals surface area contributed by atoms with Gasteiger partial charge in [0, 0.05) is 26.2 Å². The van der Waals surface area contributed by atoms with Gasteiger partial charge in [0.15, 0.2) is 5.16 Å². The van der Waals surface area contributed by atoms with Crippen molar-refractivity contribution in [2.75, 3.05) is 36.6 Å². The molecule has 0 aliphatic rings. The van der Waals surface area contributed by atoms with Gasteiger partial charge in [-0.1, -0.05) is 25.1 Å². The molecular formula is C12H22N4S. The Hall–Kier alpha value is -0.970. The van der Waals surface area contributed by atoms with Gasteiger partial charge in [-0.3, -0.25) is 0 Å². The molecule has 17 heavy (non-hydrogen) atoms. The van der Waals surface area contributed by atoms with Gasteiger partial charge in [-0.25, -0.2) is 9.97 Å². The molecule has 0 saturated carbocycles. The molecule has 0 bridgehead atoms. The standard InChI is InChI=1S/C12H22N4S/c1-5-7-8-16(3)11-9-10(13-6-2)14-12(15-11)17-4/h9H,5-8H2,1-4H3,(H,13,14,15). The van der Waals surface area contributed by atoms with Crippen LogP contribution in [0.2, 0.25) is 0 Å². The summed E-state index contributed by atoms with van der Waals surface area (Å²) in [5.41, 5.74) is 0. The minimum absolute atomic E-state index is 0.821. The highest BCUT2D eigenvalue weighted by Gasteiger charge is 2.07. The molecule has 1 heterocycles. The molecule has 4 nitrogen and oxygen atoms in total. The van der Waals surface area contributed by atoms with Gasteiger partial charge in [0.2, 0.25) is 0 Å². The quantitative estimate of drug-likeness (QED) is 0.598. The third-order valence-electron chi connectivity index (χ3n) is 2.47. The van der Waals surface area contributed by atoms with Gasteiger partial charge >= 0.3 is 0 Å². The smallest absolute Gasteiger partial charge is 0.191 e. The zero-order chi connectivity index (χ0) is 12.7. The van der Waals surface area contributed by atoms with Crippen molar-refractivity contribution in [1.82, 2.24) is 9.97 Å². The lowest BCUT2D eigenvalue weighted by Gasteiger charge is -2.19. The Morgan fingerprint density at radius 3 is 2.71 bits per heavy atom. The average Bonchev–Trinajstić information content (AvgIpc) is 2.35. The molecule has 0 radical (unpaired) electrons. The van der Waals surface area contributed by atoms with Gasteiger partial charge in [0.1, 0.15) is 11.6 Å². The van der Waals surface area contributed by atoms with E-state index < -0.39 is 0 Å². The lowest BCUT2D eigenvalue weighted by atomic mass is 10.3. The second kappa shape index (κ2) is 7.37. The maximum atomic E-state index is 4.52. The second-order valence-electron chi connectivity index (χ2n) is 3.90. The normalized spacial score (nSPS) is 10.4. The van der Waals surface area contributed by atoms with Crippen molar-refractivity contribution in [2.24, 2.45) is 0 Å². The number of unbranched alkanes of at least 4 members (excludes halogenated alkanes) is 1. The van der Waals surface area contributed by atoms with E-state index >= 15 is 0 Å². The molecule has 0 saturated heterocycles. The van der Waals surface area contributed by atoms with Gasteiger partial charge in [-0.15, -0.1) is 0 Å². The summed E-state index contributed by atoms with van der Waals surface area (Å²) in [6, 6.07) is 2.01. The Morgan fingerprint density at radius 2 is 2.12 bits per heavy atom. The van der Waals surface area contributed by atoms with Crippen LogP contribution in [-0.4, -0.2) is 36.4 Å². The van der Waals surface area contributed by atoms with Crippen molar-refractivity contribution in [2.45, 2.75) is 31.8 Å². The Kier molecular flexibility index (Phi) is 6.11. The van der Waals surface area contributed by atoms with Crippen molar-refractivity contribution in [3.05, 3.63) is 6.07 Å². The first-order valence-corrected chi connectivity index (χ1v) is 7.31. The summed E-state index contributed by atoms with van der Waals surface area (Å²) in [5, 5.41) is 4.06. The van der Waals surface area contributed by atoms with E-state index in [-0.39, 0.29) is 0 Å². The molecule has 96 valence electrons. The predicted molar refractivity (Wildman–Crippen MR) is 76.2 cm³/mol. The molecule has 0 spiro atoms. The van der Waals surface area contributed by atoms with Crippen molar-refractivity contribution < 1.29 is 0 Å². The van der Waals surface area contributed by atoms with Crippen LogP contribution in [0.3, 0.4) is 0 Å². The van der Waals surface area contributed by atoms with E-state index in [0.717, 1.165) is 29.9 Å². The zero-order valence-electron chi connectivity index (χ0n) is 11.2. The number of nitrogens with zero attached hydrogens (tertiary/aromatic N) is 3. The Morgan fingerprint density at radius 1 is 1.35 bits per heavy atom. The van der Waals surface area contributed by atoms with Crippen LogP contribution in [0.1, 0.15) is 26.7 Å². The van der Waals surface area contributed by atoms with E-state index in [9.17, 15) is 0 Å². The molecule has 0 aliphatic heterocycles. The fourth-order valence-electron chi connectivity index (χ4n) is 1.48. The highest BCUT2D eigenvalue weighted by atomic mass is 32.2. The zero-order valence-corrected chi connectivity index (χ0v) is 12.0. The molecule has 0 aromatic carbocycles. The molecule has 0 unspecified atom stereocenters. The number of hydrogen-bond donors (Lipinski definition) is 1. The molecule has 1 aromatic heterocycles. The lowest BCUT2D eigenvalue weighted by Crippen LogP contribution is -2.20. The van der Waals surface area contributed by atoms with Crippen molar-refractivity contribution >= 4 is 23.4 Å². The highest BCUT2D eigenvalue weighted by Crippen LogP contribution is 2.19. The Labute approximate surface area is 108 Å². The summed E-state index contributed by atoms with van der Waals surface area (Å²) in [6.07, 6.45) is 4.39. The van der Waals surface area contributed by atoms with E-state index in [1.807, 2.05) is 12.3 Å². The molecule has 1 rings (SSSR count). The average molecular weight is 254 g/mol. The number of aromatic nitrogens is 2. The summed E-state index contributed by atoms with van der Waals surface area (Å²) < 4.78 is 0. The van der Waals surface area contributed by atoms with Crippen molar-refractivity contribution in [3.8, 4) is 0 Å². The maximum Gasteiger partial charge on any atom is 0.191 e. The first kappa shape index (κ1) is 14.1. The molecule has 1 aromatic rings. The van der Waals surface area contributed by atoms with Crippen LogP contribution >= 0.6 is 11.8 Å². The van der Waals surface area contributed by atoms with Gasteiger partial charge in [-0.05, 0) is 19.6 Å². The van der Waals surface area contributed by atoms with E-state index in [1.54, 1.807) is 11.8 Å². The summed E-state index contributed by atoms with van der Waals surface area (Å²) in [4.78, 5) is 11.1. The first-order chi connectivity index (χ1) is 8.21. The van der Waals surface area contributed by atoms with Crippen LogP contribution < -0.4 is 10.2 Å². The molecular weight excluding hydrogens is 232 g/mol. The first-order valence-electron chi connectivity index (χ1n) is 6.09. The summed E-state index contributed by atoms with van der Waals surface area (Å²) in [7, 11) is 2.08. The van der Waals surface area contributed by atoms with Gasteiger partial charge in [0.05, 0.1) is 0 Å². The van der Waals surface area contributed by atoms with Crippen LogP contribution in [0.15, 0.2) is 11.2 Å². The van der Waals surface area contributed by atoms with Crippen molar-refractivity contribution in [1.29, 1.82) is 0 Å². The number of anilines is 2. The molecule has 0 amide bonds.